The molecule has 0 aliphatic heterocycles. The topological polar surface area (TPSA) is 46.1 Å². The molecule has 1 aromatic carbocycles. The molecule has 0 saturated heterocycles. The number of carbonyl (C=O) groups excluding carboxylic acids is 1. The zero-order valence-electron chi connectivity index (χ0n) is 10.2. The third-order valence-corrected chi connectivity index (χ3v) is 2.69. The summed E-state index contributed by atoms with van der Waals surface area (Å²) >= 11 is 5.60. The second-order valence-corrected chi connectivity index (χ2v) is 4.40. The molecule has 6 heteroatoms. The summed E-state index contributed by atoms with van der Waals surface area (Å²) < 4.78 is 13.0. The number of rotatable bonds is 3. The lowest BCUT2D eigenvalue weighted by Gasteiger charge is -2.16. The summed E-state index contributed by atoms with van der Waals surface area (Å²) in [6, 6.07) is 6.10. The summed E-state index contributed by atoms with van der Waals surface area (Å²) in [6.07, 6.45) is 2.62. The minimum absolute atomic E-state index is 0.198. The smallest absolute Gasteiger partial charge is 0.274 e. The van der Waals surface area contributed by atoms with Gasteiger partial charge in [0.15, 0.2) is 0 Å². The summed E-state index contributed by atoms with van der Waals surface area (Å²) in [5.41, 5.74) is 0.904. The van der Waals surface area contributed by atoms with Crippen molar-refractivity contribution in [3.63, 3.8) is 0 Å². The minimum Gasteiger partial charge on any atom is -0.336 e. The van der Waals surface area contributed by atoms with E-state index in [-0.39, 0.29) is 22.6 Å². The maximum Gasteiger partial charge on any atom is 0.274 e. The Balaban J connectivity index is 2.09. The molecule has 0 saturated carbocycles. The van der Waals surface area contributed by atoms with Crippen LogP contribution in [-0.4, -0.2) is 27.8 Å². The van der Waals surface area contributed by atoms with Gasteiger partial charge in [0, 0.05) is 13.6 Å². The molecule has 4 nitrogen and oxygen atoms in total. The van der Waals surface area contributed by atoms with Crippen LogP contribution in [0.25, 0.3) is 0 Å². The molecule has 0 aliphatic carbocycles. The van der Waals surface area contributed by atoms with E-state index in [0.29, 0.717) is 12.1 Å². The molecule has 19 heavy (non-hydrogen) atoms. The van der Waals surface area contributed by atoms with Crippen LogP contribution in [0.2, 0.25) is 5.15 Å². The number of carbonyl (C=O) groups is 1. The molecule has 0 aliphatic rings. The Morgan fingerprint density at radius 1 is 1.37 bits per heavy atom. The Bertz CT molecular complexity index is 589. The van der Waals surface area contributed by atoms with Crippen molar-refractivity contribution < 1.29 is 9.18 Å². The first kappa shape index (κ1) is 13.4. The van der Waals surface area contributed by atoms with Gasteiger partial charge in [-0.3, -0.25) is 4.79 Å². The summed E-state index contributed by atoms with van der Waals surface area (Å²) in [5.74, 6) is -0.627. The monoisotopic (exact) mass is 279 g/mol. The van der Waals surface area contributed by atoms with Gasteiger partial charge in [-0.1, -0.05) is 23.7 Å². The van der Waals surface area contributed by atoms with Gasteiger partial charge in [0.2, 0.25) is 0 Å². The molecular formula is C13H11ClFN3O. The minimum atomic E-state index is -0.329. The molecule has 0 fully saturated rings. The number of nitrogens with zero attached hydrogens (tertiary/aromatic N) is 3. The molecule has 2 rings (SSSR count). The predicted molar refractivity (Wildman–Crippen MR) is 69.2 cm³/mol. The quantitative estimate of drug-likeness (QED) is 0.867. The van der Waals surface area contributed by atoms with Gasteiger partial charge in [-0.2, -0.15) is 0 Å². The van der Waals surface area contributed by atoms with Crippen LogP contribution >= 0.6 is 11.6 Å². The number of aromatic nitrogens is 2. The van der Waals surface area contributed by atoms with Gasteiger partial charge in [-0.05, 0) is 17.7 Å². The summed E-state index contributed by atoms with van der Waals surface area (Å²) in [4.78, 5) is 21.2. The van der Waals surface area contributed by atoms with Crippen molar-refractivity contribution in [2.45, 2.75) is 6.54 Å². The molecule has 0 N–H and O–H groups in total. The van der Waals surface area contributed by atoms with Crippen molar-refractivity contribution in [2.75, 3.05) is 7.05 Å². The van der Waals surface area contributed by atoms with E-state index in [2.05, 4.69) is 9.97 Å². The van der Waals surface area contributed by atoms with Gasteiger partial charge >= 0.3 is 0 Å². The highest BCUT2D eigenvalue weighted by Crippen LogP contribution is 2.09. The number of hydrogen-bond donors (Lipinski definition) is 0. The second-order valence-electron chi connectivity index (χ2n) is 4.02. The van der Waals surface area contributed by atoms with E-state index in [0.717, 1.165) is 0 Å². The SMILES string of the molecule is CN(Cc1cccc(F)c1)C(=O)c1cnc(Cl)cn1. The molecule has 0 spiro atoms. The van der Waals surface area contributed by atoms with Crippen LogP contribution in [0.1, 0.15) is 16.1 Å². The molecule has 0 atom stereocenters. The second kappa shape index (κ2) is 5.75. The lowest BCUT2D eigenvalue weighted by Crippen LogP contribution is -2.27. The van der Waals surface area contributed by atoms with Crippen LogP contribution in [-0.2, 0) is 6.54 Å². The number of benzene rings is 1. The van der Waals surface area contributed by atoms with Crippen LogP contribution in [0.3, 0.4) is 0 Å². The zero-order chi connectivity index (χ0) is 13.8. The van der Waals surface area contributed by atoms with Crippen LogP contribution in [0.4, 0.5) is 4.39 Å². The average molecular weight is 280 g/mol. The van der Waals surface area contributed by atoms with Crippen molar-refractivity contribution in [2.24, 2.45) is 0 Å². The van der Waals surface area contributed by atoms with Crippen molar-refractivity contribution in [3.8, 4) is 0 Å². The molecular weight excluding hydrogens is 269 g/mol. The van der Waals surface area contributed by atoms with E-state index in [1.165, 1.54) is 29.4 Å². The van der Waals surface area contributed by atoms with E-state index < -0.39 is 0 Å². The maximum absolute atomic E-state index is 13.0. The van der Waals surface area contributed by atoms with Crippen molar-refractivity contribution >= 4 is 17.5 Å². The Hall–Kier alpha value is -2.01. The average Bonchev–Trinajstić information content (AvgIpc) is 2.39. The van der Waals surface area contributed by atoms with Crippen molar-refractivity contribution in [3.05, 3.63) is 58.9 Å². The molecule has 0 unspecified atom stereocenters. The van der Waals surface area contributed by atoms with Crippen molar-refractivity contribution in [1.29, 1.82) is 0 Å². The maximum atomic E-state index is 13.0. The fourth-order valence-corrected chi connectivity index (χ4v) is 1.70. The fourth-order valence-electron chi connectivity index (χ4n) is 1.60. The standard InChI is InChI=1S/C13H11ClFN3O/c1-18(8-9-3-2-4-10(15)5-9)13(19)11-6-17-12(14)7-16-11/h2-7H,8H2,1H3. The van der Waals surface area contributed by atoms with E-state index in [4.69, 9.17) is 11.6 Å². The molecule has 0 radical (unpaired) electrons. The zero-order valence-corrected chi connectivity index (χ0v) is 10.9. The Kier molecular flexibility index (Phi) is 4.06. The van der Waals surface area contributed by atoms with E-state index >= 15 is 0 Å². The van der Waals surface area contributed by atoms with Crippen LogP contribution in [0.5, 0.6) is 0 Å². The highest BCUT2D eigenvalue weighted by atomic mass is 35.5. The van der Waals surface area contributed by atoms with Gasteiger partial charge in [0.1, 0.15) is 16.7 Å². The molecule has 2 aromatic rings. The molecule has 1 aromatic heterocycles. The molecule has 1 heterocycles. The van der Waals surface area contributed by atoms with Gasteiger partial charge in [-0.15, -0.1) is 0 Å². The summed E-state index contributed by atoms with van der Waals surface area (Å²) in [5, 5.41) is 0.226. The van der Waals surface area contributed by atoms with Gasteiger partial charge in [0.25, 0.3) is 5.91 Å². The van der Waals surface area contributed by atoms with Crippen LogP contribution in [0.15, 0.2) is 36.7 Å². The Labute approximate surface area is 114 Å². The first-order chi connectivity index (χ1) is 9.06. The highest BCUT2D eigenvalue weighted by molar-refractivity contribution is 6.29. The lowest BCUT2D eigenvalue weighted by molar-refractivity contribution is 0.0778. The summed E-state index contributed by atoms with van der Waals surface area (Å²) in [7, 11) is 1.61. The predicted octanol–water partition coefficient (Wildman–Crippen LogP) is 2.54. The number of amides is 1. The Morgan fingerprint density at radius 3 is 2.79 bits per heavy atom. The van der Waals surface area contributed by atoms with Gasteiger partial charge in [0.05, 0.1) is 12.4 Å². The molecule has 98 valence electrons. The number of halogens is 2. The van der Waals surface area contributed by atoms with E-state index in [1.54, 1.807) is 19.2 Å². The Morgan fingerprint density at radius 2 is 2.16 bits per heavy atom. The first-order valence-electron chi connectivity index (χ1n) is 5.54. The van der Waals surface area contributed by atoms with Crippen molar-refractivity contribution in [1.82, 2.24) is 14.9 Å². The fraction of sp³-hybridized carbons (Fsp3) is 0.154. The van der Waals surface area contributed by atoms with Crippen LogP contribution < -0.4 is 0 Å². The normalized spacial score (nSPS) is 10.3. The largest absolute Gasteiger partial charge is 0.336 e. The third-order valence-electron chi connectivity index (χ3n) is 2.49. The first-order valence-corrected chi connectivity index (χ1v) is 5.91. The summed E-state index contributed by atoms with van der Waals surface area (Å²) in [6.45, 7) is 0.293. The molecule has 0 bridgehead atoms. The molecule has 1 amide bonds. The lowest BCUT2D eigenvalue weighted by atomic mass is 10.2. The van der Waals surface area contributed by atoms with Gasteiger partial charge in [-0.25, -0.2) is 14.4 Å². The number of hydrogen-bond acceptors (Lipinski definition) is 3. The van der Waals surface area contributed by atoms with Gasteiger partial charge < -0.3 is 4.90 Å². The van der Waals surface area contributed by atoms with Crippen LogP contribution in [0, 0.1) is 5.82 Å². The highest BCUT2D eigenvalue weighted by Gasteiger charge is 2.14. The third kappa shape index (κ3) is 3.48. The van der Waals surface area contributed by atoms with E-state index in [9.17, 15) is 9.18 Å². The van der Waals surface area contributed by atoms with E-state index in [1.807, 2.05) is 0 Å².